The van der Waals surface area contributed by atoms with Crippen LogP contribution >= 0.6 is 11.3 Å². The maximum atomic E-state index is 4.75. The number of benzene rings is 1. The Labute approximate surface area is 151 Å². The van der Waals surface area contributed by atoms with E-state index in [4.69, 9.17) is 4.98 Å². The molecule has 0 aliphatic heterocycles. The Hall–Kier alpha value is -2.27. The minimum absolute atomic E-state index is 0.0326. The lowest BCUT2D eigenvalue weighted by atomic mass is 9.70. The Balaban J connectivity index is 1.67. The van der Waals surface area contributed by atoms with E-state index in [2.05, 4.69) is 62.1 Å². The molecule has 3 aromatic heterocycles. The molecular formula is C20H22N4S. The summed E-state index contributed by atoms with van der Waals surface area (Å²) >= 11 is 1.70. The zero-order valence-electron chi connectivity index (χ0n) is 15.0. The van der Waals surface area contributed by atoms with Gasteiger partial charge >= 0.3 is 0 Å². The van der Waals surface area contributed by atoms with Gasteiger partial charge in [0.25, 0.3) is 0 Å². The van der Waals surface area contributed by atoms with Gasteiger partial charge in [-0.3, -0.25) is 4.40 Å². The fraction of sp³-hybridized carbons (Fsp3) is 0.350. The Kier molecular flexibility index (Phi) is 3.65. The van der Waals surface area contributed by atoms with Crippen LogP contribution in [-0.2, 0) is 10.8 Å². The molecule has 0 unspecified atom stereocenters. The normalized spacial score (nSPS) is 13.0. The van der Waals surface area contributed by atoms with Gasteiger partial charge in [-0.1, -0.05) is 33.8 Å². The van der Waals surface area contributed by atoms with E-state index in [0.29, 0.717) is 0 Å². The van der Waals surface area contributed by atoms with E-state index >= 15 is 0 Å². The molecular weight excluding hydrogens is 328 g/mol. The van der Waals surface area contributed by atoms with Crippen LogP contribution < -0.4 is 0 Å². The van der Waals surface area contributed by atoms with Crippen LogP contribution in [0.5, 0.6) is 0 Å². The van der Waals surface area contributed by atoms with E-state index in [0.717, 1.165) is 23.4 Å². The molecule has 5 heteroatoms. The van der Waals surface area contributed by atoms with Crippen molar-refractivity contribution in [3.05, 3.63) is 59.6 Å². The summed E-state index contributed by atoms with van der Waals surface area (Å²) in [5, 5.41) is 0. The molecule has 0 atom stereocenters. The molecule has 0 aliphatic rings. The van der Waals surface area contributed by atoms with Crippen molar-refractivity contribution in [1.29, 1.82) is 0 Å². The number of rotatable bonds is 4. The molecule has 4 aromatic rings. The third kappa shape index (κ3) is 2.93. The number of thiazole rings is 1. The number of hydrogen-bond acceptors (Lipinski definition) is 4. The number of imidazole rings is 1. The standard InChI is InChI=1S/C20H22N4S/c1-19(2,14-6-7-15-16(10-14)25-13-22-15)12-20(3,4)17-11-24-9-5-8-21-18(24)23-17/h5-11,13H,12H2,1-4H3. The minimum Gasteiger partial charge on any atom is -0.291 e. The van der Waals surface area contributed by atoms with Gasteiger partial charge in [0.05, 0.1) is 21.4 Å². The first-order chi connectivity index (χ1) is 11.9. The second-order valence-corrected chi connectivity index (χ2v) is 8.82. The summed E-state index contributed by atoms with van der Waals surface area (Å²) in [6.07, 6.45) is 6.88. The zero-order chi connectivity index (χ0) is 17.7. The molecule has 0 saturated heterocycles. The second kappa shape index (κ2) is 5.63. The summed E-state index contributed by atoms with van der Waals surface area (Å²) in [7, 11) is 0. The van der Waals surface area contributed by atoms with Gasteiger partial charge < -0.3 is 0 Å². The maximum Gasteiger partial charge on any atom is 0.233 e. The van der Waals surface area contributed by atoms with Crippen molar-refractivity contribution in [3.8, 4) is 0 Å². The average molecular weight is 350 g/mol. The summed E-state index contributed by atoms with van der Waals surface area (Å²) in [5.74, 6) is 0.759. The van der Waals surface area contributed by atoms with E-state index in [1.807, 2.05) is 22.2 Å². The minimum atomic E-state index is -0.0557. The molecule has 0 bridgehead atoms. The van der Waals surface area contributed by atoms with Crippen molar-refractivity contribution in [2.45, 2.75) is 44.9 Å². The van der Waals surface area contributed by atoms with Gasteiger partial charge in [0.1, 0.15) is 0 Å². The van der Waals surface area contributed by atoms with Crippen LogP contribution in [0.3, 0.4) is 0 Å². The van der Waals surface area contributed by atoms with Gasteiger partial charge in [0.15, 0.2) is 0 Å². The van der Waals surface area contributed by atoms with Crippen molar-refractivity contribution in [3.63, 3.8) is 0 Å². The Morgan fingerprint density at radius 3 is 2.72 bits per heavy atom. The zero-order valence-corrected chi connectivity index (χ0v) is 15.8. The van der Waals surface area contributed by atoms with Gasteiger partial charge in [0.2, 0.25) is 5.78 Å². The highest BCUT2D eigenvalue weighted by Gasteiger charge is 2.33. The average Bonchev–Trinajstić information content (AvgIpc) is 3.20. The molecule has 1 aromatic carbocycles. The van der Waals surface area contributed by atoms with Crippen LogP contribution in [0.25, 0.3) is 16.0 Å². The van der Waals surface area contributed by atoms with Gasteiger partial charge in [-0.25, -0.2) is 15.0 Å². The van der Waals surface area contributed by atoms with Crippen LogP contribution in [0.2, 0.25) is 0 Å². The Bertz CT molecular complexity index is 997. The van der Waals surface area contributed by atoms with Crippen LogP contribution in [-0.4, -0.2) is 19.4 Å². The largest absolute Gasteiger partial charge is 0.291 e. The van der Waals surface area contributed by atoms with Crippen molar-refractivity contribution in [1.82, 2.24) is 19.4 Å². The predicted molar refractivity (Wildman–Crippen MR) is 103 cm³/mol. The van der Waals surface area contributed by atoms with E-state index in [1.54, 1.807) is 17.5 Å². The molecule has 4 nitrogen and oxygen atoms in total. The lowest BCUT2D eigenvalue weighted by Gasteiger charge is -2.34. The van der Waals surface area contributed by atoms with E-state index in [1.165, 1.54) is 10.3 Å². The van der Waals surface area contributed by atoms with Crippen molar-refractivity contribution < 1.29 is 0 Å². The van der Waals surface area contributed by atoms with E-state index in [9.17, 15) is 0 Å². The maximum absolute atomic E-state index is 4.75. The molecule has 0 radical (unpaired) electrons. The number of fused-ring (bicyclic) bond motifs is 2. The van der Waals surface area contributed by atoms with Crippen LogP contribution in [0.4, 0.5) is 0 Å². The van der Waals surface area contributed by atoms with Gasteiger partial charge in [0, 0.05) is 24.0 Å². The monoisotopic (exact) mass is 350 g/mol. The lowest BCUT2D eigenvalue weighted by Crippen LogP contribution is -2.30. The summed E-state index contributed by atoms with van der Waals surface area (Å²) < 4.78 is 3.24. The van der Waals surface area contributed by atoms with Crippen molar-refractivity contribution in [2.75, 3.05) is 0 Å². The molecule has 0 saturated carbocycles. The lowest BCUT2D eigenvalue weighted by molar-refractivity contribution is 0.343. The van der Waals surface area contributed by atoms with E-state index in [-0.39, 0.29) is 10.8 Å². The Morgan fingerprint density at radius 1 is 1.08 bits per heavy atom. The molecule has 0 amide bonds. The predicted octanol–water partition coefficient (Wildman–Crippen LogP) is 4.98. The second-order valence-electron chi connectivity index (χ2n) is 7.93. The first-order valence-corrected chi connectivity index (χ1v) is 9.37. The quantitative estimate of drug-likeness (QED) is 0.521. The van der Waals surface area contributed by atoms with Crippen LogP contribution in [0.1, 0.15) is 45.4 Å². The van der Waals surface area contributed by atoms with Gasteiger partial charge in [-0.15, -0.1) is 11.3 Å². The van der Waals surface area contributed by atoms with Crippen LogP contribution in [0.15, 0.2) is 48.4 Å². The molecule has 0 N–H and O–H groups in total. The molecule has 4 rings (SSSR count). The smallest absolute Gasteiger partial charge is 0.233 e. The number of aromatic nitrogens is 4. The summed E-state index contributed by atoms with van der Waals surface area (Å²) in [6.45, 7) is 9.15. The molecule has 3 heterocycles. The van der Waals surface area contributed by atoms with Crippen molar-refractivity contribution in [2.24, 2.45) is 0 Å². The van der Waals surface area contributed by atoms with Crippen LogP contribution in [0, 0.1) is 0 Å². The summed E-state index contributed by atoms with van der Waals surface area (Å²) in [6, 6.07) is 8.56. The molecule has 0 fully saturated rings. The van der Waals surface area contributed by atoms with Crippen molar-refractivity contribution >= 4 is 27.3 Å². The SMILES string of the molecule is CC(C)(CC(C)(C)c1cn2cccnc2n1)c1ccc2ncsc2c1. The number of hydrogen-bond donors (Lipinski definition) is 0. The highest BCUT2D eigenvalue weighted by atomic mass is 32.1. The van der Waals surface area contributed by atoms with E-state index < -0.39 is 0 Å². The highest BCUT2D eigenvalue weighted by molar-refractivity contribution is 7.16. The third-order valence-corrected chi connectivity index (χ3v) is 5.72. The fourth-order valence-corrected chi connectivity index (χ4v) is 4.45. The summed E-state index contributed by atoms with van der Waals surface area (Å²) in [4.78, 5) is 13.5. The third-order valence-electron chi connectivity index (χ3n) is 4.93. The Morgan fingerprint density at radius 2 is 1.92 bits per heavy atom. The fourth-order valence-electron chi connectivity index (χ4n) is 3.73. The first kappa shape index (κ1) is 16.2. The highest BCUT2D eigenvalue weighted by Crippen LogP contribution is 2.39. The van der Waals surface area contributed by atoms with Gasteiger partial charge in [-0.2, -0.15) is 0 Å². The van der Waals surface area contributed by atoms with Gasteiger partial charge in [-0.05, 0) is 35.6 Å². The molecule has 25 heavy (non-hydrogen) atoms. The first-order valence-electron chi connectivity index (χ1n) is 8.49. The number of nitrogens with zero attached hydrogens (tertiary/aromatic N) is 4. The molecule has 128 valence electrons. The topological polar surface area (TPSA) is 43.1 Å². The molecule has 0 spiro atoms. The summed E-state index contributed by atoms with van der Waals surface area (Å²) in [5.41, 5.74) is 5.40. The molecule has 0 aliphatic carbocycles.